The SMILES string of the molecule is O=CN1CCN(Cc2cc(=O)n3ccc(=O)cc3[nH]2)CC1. The van der Waals surface area contributed by atoms with Gasteiger partial charge in [0, 0.05) is 62.8 Å². The Hall–Kier alpha value is -2.41. The van der Waals surface area contributed by atoms with E-state index in [2.05, 4.69) is 9.88 Å². The Balaban J connectivity index is 1.83. The maximum absolute atomic E-state index is 12.0. The van der Waals surface area contributed by atoms with E-state index >= 15 is 0 Å². The predicted octanol–water partition coefficient (Wildman–Crippen LogP) is -0.738. The normalized spacial score (nSPS) is 16.3. The molecule has 21 heavy (non-hydrogen) atoms. The van der Waals surface area contributed by atoms with Gasteiger partial charge in [-0.2, -0.15) is 0 Å². The largest absolute Gasteiger partial charge is 0.343 e. The van der Waals surface area contributed by atoms with Crippen molar-refractivity contribution in [2.24, 2.45) is 0 Å². The fourth-order valence-electron chi connectivity index (χ4n) is 2.54. The Morgan fingerprint density at radius 3 is 2.62 bits per heavy atom. The number of nitrogens with zero attached hydrogens (tertiary/aromatic N) is 3. The number of carbonyl (C=O) groups is 1. The highest BCUT2D eigenvalue weighted by molar-refractivity contribution is 5.47. The van der Waals surface area contributed by atoms with Gasteiger partial charge in [-0.3, -0.25) is 23.7 Å². The van der Waals surface area contributed by atoms with Crippen molar-refractivity contribution in [2.75, 3.05) is 26.2 Å². The highest BCUT2D eigenvalue weighted by Crippen LogP contribution is 2.05. The fourth-order valence-corrected chi connectivity index (χ4v) is 2.54. The van der Waals surface area contributed by atoms with E-state index < -0.39 is 0 Å². The second-order valence-corrected chi connectivity index (χ2v) is 5.17. The van der Waals surface area contributed by atoms with E-state index in [0.29, 0.717) is 25.3 Å². The van der Waals surface area contributed by atoms with Crippen LogP contribution >= 0.6 is 0 Å². The lowest BCUT2D eigenvalue weighted by Gasteiger charge is -2.32. The van der Waals surface area contributed by atoms with E-state index in [1.165, 1.54) is 22.7 Å². The summed E-state index contributed by atoms with van der Waals surface area (Å²) >= 11 is 0. The zero-order chi connectivity index (χ0) is 14.8. The highest BCUT2D eigenvalue weighted by Gasteiger charge is 2.16. The summed E-state index contributed by atoms with van der Waals surface area (Å²) in [6, 6.07) is 4.32. The predicted molar refractivity (Wildman–Crippen MR) is 77.2 cm³/mol. The monoisotopic (exact) mass is 288 g/mol. The molecule has 1 amide bonds. The molecule has 1 saturated heterocycles. The van der Waals surface area contributed by atoms with Crippen LogP contribution in [0.1, 0.15) is 5.69 Å². The van der Waals surface area contributed by atoms with Gasteiger partial charge in [-0.25, -0.2) is 0 Å². The van der Waals surface area contributed by atoms with Gasteiger partial charge in [0.15, 0.2) is 5.43 Å². The third-order valence-corrected chi connectivity index (χ3v) is 3.70. The summed E-state index contributed by atoms with van der Waals surface area (Å²) in [5.74, 6) is 0. The van der Waals surface area contributed by atoms with Gasteiger partial charge < -0.3 is 9.88 Å². The zero-order valence-corrected chi connectivity index (χ0v) is 11.5. The Labute approximate surface area is 120 Å². The van der Waals surface area contributed by atoms with Gasteiger partial charge in [-0.15, -0.1) is 0 Å². The summed E-state index contributed by atoms with van der Waals surface area (Å²) < 4.78 is 1.41. The molecular formula is C14H16N4O3. The van der Waals surface area contributed by atoms with Gasteiger partial charge in [-0.05, 0) is 0 Å². The number of rotatable bonds is 3. The van der Waals surface area contributed by atoms with Crippen molar-refractivity contribution in [1.29, 1.82) is 0 Å². The molecular weight excluding hydrogens is 272 g/mol. The van der Waals surface area contributed by atoms with Crippen molar-refractivity contribution < 1.29 is 4.79 Å². The van der Waals surface area contributed by atoms with Crippen molar-refractivity contribution in [3.05, 3.63) is 50.7 Å². The number of pyridine rings is 1. The Morgan fingerprint density at radius 1 is 1.14 bits per heavy atom. The second-order valence-electron chi connectivity index (χ2n) is 5.17. The molecule has 0 aliphatic carbocycles. The number of carbonyl (C=O) groups excluding carboxylic acids is 1. The molecule has 0 radical (unpaired) electrons. The van der Waals surface area contributed by atoms with Crippen molar-refractivity contribution in [3.63, 3.8) is 0 Å². The number of aromatic amines is 1. The highest BCUT2D eigenvalue weighted by atomic mass is 16.1. The van der Waals surface area contributed by atoms with Gasteiger partial charge in [0.25, 0.3) is 5.56 Å². The molecule has 110 valence electrons. The van der Waals surface area contributed by atoms with E-state index in [1.54, 1.807) is 11.0 Å². The average Bonchev–Trinajstić information content (AvgIpc) is 2.47. The third kappa shape index (κ3) is 2.87. The summed E-state index contributed by atoms with van der Waals surface area (Å²) in [7, 11) is 0. The van der Waals surface area contributed by atoms with Crippen LogP contribution in [-0.2, 0) is 11.3 Å². The summed E-state index contributed by atoms with van der Waals surface area (Å²) in [6.07, 6.45) is 2.34. The van der Waals surface area contributed by atoms with E-state index in [0.717, 1.165) is 25.2 Å². The summed E-state index contributed by atoms with van der Waals surface area (Å²) in [4.78, 5) is 41.1. The van der Waals surface area contributed by atoms with Crippen molar-refractivity contribution in [1.82, 2.24) is 19.2 Å². The molecule has 1 fully saturated rings. The Bertz CT molecular complexity index is 772. The number of hydrogen-bond acceptors (Lipinski definition) is 4. The van der Waals surface area contributed by atoms with Gasteiger partial charge in [0.1, 0.15) is 5.65 Å². The maximum atomic E-state index is 12.0. The molecule has 0 aromatic carbocycles. The minimum absolute atomic E-state index is 0.137. The molecule has 7 heteroatoms. The molecule has 0 unspecified atom stereocenters. The third-order valence-electron chi connectivity index (χ3n) is 3.70. The van der Waals surface area contributed by atoms with Crippen molar-refractivity contribution in [2.45, 2.75) is 6.54 Å². The van der Waals surface area contributed by atoms with E-state index in [4.69, 9.17) is 0 Å². The molecule has 1 aliphatic rings. The molecule has 1 N–H and O–H groups in total. The molecule has 0 spiro atoms. The van der Waals surface area contributed by atoms with Crippen LogP contribution in [0.4, 0.5) is 0 Å². The number of hydrogen-bond donors (Lipinski definition) is 1. The molecule has 2 aromatic heterocycles. The smallest absolute Gasteiger partial charge is 0.257 e. The van der Waals surface area contributed by atoms with Gasteiger partial charge in [0.05, 0.1) is 0 Å². The molecule has 0 bridgehead atoms. The molecule has 1 aliphatic heterocycles. The molecule has 2 aromatic rings. The molecule has 0 saturated carbocycles. The maximum Gasteiger partial charge on any atom is 0.257 e. The van der Waals surface area contributed by atoms with Crippen LogP contribution in [0.3, 0.4) is 0 Å². The molecule has 3 heterocycles. The summed E-state index contributed by atoms with van der Waals surface area (Å²) in [5.41, 5.74) is 0.967. The molecule has 0 atom stereocenters. The van der Waals surface area contributed by atoms with Crippen molar-refractivity contribution >= 4 is 12.1 Å². The number of amides is 1. The number of fused-ring (bicyclic) bond motifs is 1. The lowest BCUT2D eigenvalue weighted by Crippen LogP contribution is -2.45. The summed E-state index contributed by atoms with van der Waals surface area (Å²) in [6.45, 7) is 3.53. The van der Waals surface area contributed by atoms with Gasteiger partial charge in [0.2, 0.25) is 6.41 Å². The first-order valence-electron chi connectivity index (χ1n) is 6.82. The first-order chi connectivity index (χ1) is 10.2. The van der Waals surface area contributed by atoms with Crippen LogP contribution in [0.5, 0.6) is 0 Å². The standard InChI is InChI=1S/C14H16N4O3/c19-10-17-5-3-16(4-6-17)9-11-7-14(21)18-2-1-12(20)8-13(18)15-11/h1-2,7-8,10,15H,3-6,9H2. The molecule has 7 nitrogen and oxygen atoms in total. The molecule has 3 rings (SSSR count). The minimum atomic E-state index is -0.162. The Kier molecular flexibility index (Phi) is 3.57. The first kappa shape index (κ1) is 13.6. The topological polar surface area (TPSA) is 77.9 Å². The van der Waals surface area contributed by atoms with E-state index in [1.807, 2.05) is 0 Å². The Morgan fingerprint density at radius 2 is 1.90 bits per heavy atom. The van der Waals surface area contributed by atoms with Gasteiger partial charge in [-0.1, -0.05) is 0 Å². The van der Waals surface area contributed by atoms with Crippen LogP contribution in [0.25, 0.3) is 5.65 Å². The minimum Gasteiger partial charge on any atom is -0.343 e. The van der Waals surface area contributed by atoms with Crippen molar-refractivity contribution in [3.8, 4) is 0 Å². The lowest BCUT2D eigenvalue weighted by atomic mass is 10.3. The fraction of sp³-hybridized carbons (Fsp3) is 0.357. The quantitative estimate of drug-likeness (QED) is 0.755. The average molecular weight is 288 g/mol. The van der Waals surface area contributed by atoms with Crippen LogP contribution in [-0.4, -0.2) is 51.8 Å². The second kappa shape index (κ2) is 5.53. The van der Waals surface area contributed by atoms with Crippen LogP contribution in [0.15, 0.2) is 34.0 Å². The van der Waals surface area contributed by atoms with Gasteiger partial charge >= 0.3 is 0 Å². The van der Waals surface area contributed by atoms with Crippen LogP contribution < -0.4 is 11.0 Å². The number of H-pyrrole nitrogens is 1. The van der Waals surface area contributed by atoms with Crippen LogP contribution in [0, 0.1) is 0 Å². The summed E-state index contributed by atoms with van der Waals surface area (Å²) in [5, 5.41) is 0. The number of piperazine rings is 1. The van der Waals surface area contributed by atoms with E-state index in [9.17, 15) is 14.4 Å². The number of nitrogens with one attached hydrogen (secondary N) is 1. The van der Waals surface area contributed by atoms with Crippen LogP contribution in [0.2, 0.25) is 0 Å². The first-order valence-corrected chi connectivity index (χ1v) is 6.82. The number of aromatic nitrogens is 2. The lowest BCUT2D eigenvalue weighted by molar-refractivity contribution is -0.119. The zero-order valence-electron chi connectivity index (χ0n) is 11.5. The van der Waals surface area contributed by atoms with E-state index in [-0.39, 0.29) is 11.0 Å².